The highest BCUT2D eigenvalue weighted by Crippen LogP contribution is 2.23. The third kappa shape index (κ3) is 5.21. The van der Waals surface area contributed by atoms with Crippen LogP contribution < -0.4 is 10.2 Å². The van der Waals surface area contributed by atoms with Gasteiger partial charge in [0.15, 0.2) is 5.76 Å². The van der Waals surface area contributed by atoms with Crippen molar-refractivity contribution in [3.8, 4) is 0 Å². The maximum atomic E-state index is 12.6. The highest BCUT2D eigenvalue weighted by atomic mass is 16.3. The Morgan fingerprint density at radius 2 is 1.58 bits per heavy atom. The molecule has 1 N–H and O–H groups in total. The van der Waals surface area contributed by atoms with E-state index in [9.17, 15) is 9.59 Å². The van der Waals surface area contributed by atoms with E-state index in [2.05, 4.69) is 41.4 Å². The molecular weight excluding hydrogens is 392 g/mol. The maximum absolute atomic E-state index is 12.6. The molecule has 1 aromatic heterocycles. The highest BCUT2D eigenvalue weighted by molar-refractivity contribution is 5.91. The van der Waals surface area contributed by atoms with Crippen LogP contribution in [0.25, 0.3) is 0 Å². The number of nitrogens with zero attached hydrogens (tertiary/aromatic N) is 3. The van der Waals surface area contributed by atoms with Crippen LogP contribution in [0.15, 0.2) is 40.8 Å². The van der Waals surface area contributed by atoms with Gasteiger partial charge in [-0.2, -0.15) is 0 Å². The zero-order chi connectivity index (χ0) is 21.8. The van der Waals surface area contributed by atoms with E-state index >= 15 is 0 Å². The van der Waals surface area contributed by atoms with Crippen molar-refractivity contribution < 1.29 is 14.0 Å². The van der Waals surface area contributed by atoms with Crippen LogP contribution in [0.2, 0.25) is 0 Å². The number of anilines is 1. The molecular formula is C24H32N4O3. The SMILES string of the molecule is Cc1ccc(C(=O)N2CCN(C(=O)NCc3ccc(N4CCC(C)CC4)cc3)CC2)o1. The first kappa shape index (κ1) is 21.3. The summed E-state index contributed by atoms with van der Waals surface area (Å²) in [6.45, 7) is 8.93. The Morgan fingerprint density at radius 3 is 2.19 bits per heavy atom. The Hall–Kier alpha value is -2.96. The number of nitrogens with one attached hydrogen (secondary N) is 1. The summed E-state index contributed by atoms with van der Waals surface area (Å²) in [5.74, 6) is 1.79. The number of hydrogen-bond acceptors (Lipinski definition) is 4. The molecule has 1 aromatic carbocycles. The molecule has 3 heterocycles. The molecule has 7 nitrogen and oxygen atoms in total. The van der Waals surface area contributed by atoms with Gasteiger partial charge in [-0.05, 0) is 55.5 Å². The number of benzene rings is 1. The highest BCUT2D eigenvalue weighted by Gasteiger charge is 2.26. The lowest BCUT2D eigenvalue weighted by molar-refractivity contribution is 0.0632. The maximum Gasteiger partial charge on any atom is 0.317 e. The van der Waals surface area contributed by atoms with Gasteiger partial charge in [0.05, 0.1) is 0 Å². The lowest BCUT2D eigenvalue weighted by Gasteiger charge is -2.34. The van der Waals surface area contributed by atoms with Crippen molar-refractivity contribution in [2.45, 2.75) is 33.2 Å². The number of amides is 3. The molecule has 2 fully saturated rings. The predicted molar refractivity (Wildman–Crippen MR) is 120 cm³/mol. The van der Waals surface area contributed by atoms with Crippen molar-refractivity contribution in [1.82, 2.24) is 15.1 Å². The standard InChI is InChI=1S/C24H32N4O3/c1-18-9-11-26(12-10-18)21-6-4-20(5-7-21)17-25-24(30)28-15-13-27(14-16-28)23(29)22-8-3-19(2)31-22/h3-8,18H,9-17H2,1-2H3,(H,25,30). The van der Waals surface area contributed by atoms with Gasteiger partial charge < -0.3 is 24.4 Å². The Kier molecular flexibility index (Phi) is 6.49. The zero-order valence-electron chi connectivity index (χ0n) is 18.5. The van der Waals surface area contributed by atoms with E-state index in [1.807, 2.05) is 6.92 Å². The number of piperidine rings is 1. The van der Waals surface area contributed by atoms with Gasteiger partial charge in [-0.3, -0.25) is 4.79 Å². The third-order valence-corrected chi connectivity index (χ3v) is 6.33. The van der Waals surface area contributed by atoms with Gasteiger partial charge in [0.2, 0.25) is 0 Å². The summed E-state index contributed by atoms with van der Waals surface area (Å²) >= 11 is 0. The second-order valence-electron chi connectivity index (χ2n) is 8.68. The summed E-state index contributed by atoms with van der Waals surface area (Å²) in [7, 11) is 0. The largest absolute Gasteiger partial charge is 0.456 e. The van der Waals surface area contributed by atoms with Gasteiger partial charge in [0, 0.05) is 51.5 Å². The number of urea groups is 1. The molecule has 0 bridgehead atoms. The smallest absolute Gasteiger partial charge is 0.317 e. The van der Waals surface area contributed by atoms with Crippen molar-refractivity contribution in [2.75, 3.05) is 44.2 Å². The van der Waals surface area contributed by atoms with E-state index in [1.54, 1.807) is 21.9 Å². The zero-order valence-corrected chi connectivity index (χ0v) is 18.5. The molecule has 2 aliphatic rings. The van der Waals surface area contributed by atoms with Crippen LogP contribution >= 0.6 is 0 Å². The van der Waals surface area contributed by atoms with E-state index in [1.165, 1.54) is 18.5 Å². The van der Waals surface area contributed by atoms with Gasteiger partial charge in [0.1, 0.15) is 5.76 Å². The Labute approximate surface area is 184 Å². The topological polar surface area (TPSA) is 69.0 Å². The average Bonchev–Trinajstić information content (AvgIpc) is 3.24. The van der Waals surface area contributed by atoms with Crippen molar-refractivity contribution in [3.05, 3.63) is 53.5 Å². The van der Waals surface area contributed by atoms with E-state index in [0.717, 1.165) is 30.3 Å². The van der Waals surface area contributed by atoms with Crippen LogP contribution in [0.1, 0.15) is 41.6 Å². The van der Waals surface area contributed by atoms with E-state index < -0.39 is 0 Å². The van der Waals surface area contributed by atoms with E-state index in [0.29, 0.717) is 38.5 Å². The summed E-state index contributed by atoms with van der Waals surface area (Å²) in [6.07, 6.45) is 2.50. The molecule has 166 valence electrons. The van der Waals surface area contributed by atoms with Gasteiger partial charge in [-0.1, -0.05) is 19.1 Å². The number of aryl methyl sites for hydroxylation is 1. The summed E-state index contributed by atoms with van der Waals surface area (Å²) in [4.78, 5) is 31.0. The Bertz CT molecular complexity index is 892. The van der Waals surface area contributed by atoms with Crippen LogP contribution in [-0.4, -0.2) is 61.0 Å². The molecule has 0 aliphatic carbocycles. The van der Waals surface area contributed by atoms with Crippen molar-refractivity contribution in [3.63, 3.8) is 0 Å². The number of rotatable bonds is 4. The van der Waals surface area contributed by atoms with Crippen LogP contribution in [-0.2, 0) is 6.54 Å². The second kappa shape index (κ2) is 9.45. The predicted octanol–water partition coefficient (Wildman–Crippen LogP) is 3.49. The first-order chi connectivity index (χ1) is 15.0. The minimum Gasteiger partial charge on any atom is -0.456 e. The van der Waals surface area contributed by atoms with Crippen LogP contribution in [0.4, 0.5) is 10.5 Å². The number of piperazine rings is 1. The molecule has 0 spiro atoms. The summed E-state index contributed by atoms with van der Waals surface area (Å²) < 4.78 is 5.42. The van der Waals surface area contributed by atoms with Gasteiger partial charge in [-0.25, -0.2) is 4.79 Å². The Balaban J connectivity index is 1.22. The minimum atomic E-state index is -0.114. The molecule has 0 unspecified atom stereocenters. The number of carbonyl (C=O) groups excluding carboxylic acids is 2. The second-order valence-corrected chi connectivity index (χ2v) is 8.68. The lowest BCUT2D eigenvalue weighted by atomic mass is 9.99. The van der Waals surface area contributed by atoms with Crippen molar-refractivity contribution in [2.24, 2.45) is 5.92 Å². The van der Waals surface area contributed by atoms with Crippen LogP contribution in [0.5, 0.6) is 0 Å². The van der Waals surface area contributed by atoms with Gasteiger partial charge in [0.25, 0.3) is 5.91 Å². The normalized spacial score (nSPS) is 17.7. The molecule has 0 atom stereocenters. The quantitative estimate of drug-likeness (QED) is 0.816. The molecule has 2 aliphatic heterocycles. The van der Waals surface area contributed by atoms with Crippen LogP contribution in [0, 0.1) is 12.8 Å². The van der Waals surface area contributed by atoms with Crippen LogP contribution in [0.3, 0.4) is 0 Å². The molecule has 2 aromatic rings. The molecule has 0 saturated carbocycles. The fourth-order valence-electron chi connectivity index (χ4n) is 4.20. The molecule has 7 heteroatoms. The number of furan rings is 1. The molecule has 2 saturated heterocycles. The monoisotopic (exact) mass is 424 g/mol. The van der Waals surface area contributed by atoms with Gasteiger partial charge >= 0.3 is 6.03 Å². The van der Waals surface area contributed by atoms with Crippen molar-refractivity contribution in [1.29, 1.82) is 0 Å². The number of hydrogen-bond donors (Lipinski definition) is 1. The summed E-state index contributed by atoms with van der Waals surface area (Å²) in [5, 5.41) is 3.00. The fourth-order valence-corrected chi connectivity index (χ4v) is 4.20. The first-order valence-corrected chi connectivity index (χ1v) is 11.2. The molecule has 0 radical (unpaired) electrons. The fraction of sp³-hybridized carbons (Fsp3) is 0.500. The van der Waals surface area contributed by atoms with E-state index in [-0.39, 0.29) is 11.9 Å². The lowest BCUT2D eigenvalue weighted by Crippen LogP contribution is -2.53. The molecule has 4 rings (SSSR count). The van der Waals surface area contributed by atoms with Crippen molar-refractivity contribution >= 4 is 17.6 Å². The molecule has 3 amide bonds. The Morgan fingerprint density at radius 1 is 0.935 bits per heavy atom. The molecule has 31 heavy (non-hydrogen) atoms. The van der Waals surface area contributed by atoms with E-state index in [4.69, 9.17) is 4.42 Å². The average molecular weight is 425 g/mol. The number of carbonyl (C=O) groups is 2. The first-order valence-electron chi connectivity index (χ1n) is 11.2. The summed E-state index contributed by atoms with van der Waals surface area (Å²) in [5.41, 5.74) is 2.35. The van der Waals surface area contributed by atoms with Gasteiger partial charge in [-0.15, -0.1) is 0 Å². The minimum absolute atomic E-state index is 0.0879. The third-order valence-electron chi connectivity index (χ3n) is 6.33. The summed E-state index contributed by atoms with van der Waals surface area (Å²) in [6, 6.07) is 11.9.